The fourth-order valence-electron chi connectivity index (χ4n) is 1.62. The second-order valence-corrected chi connectivity index (χ2v) is 5.72. The van der Waals surface area contributed by atoms with Gasteiger partial charge in [-0.25, -0.2) is 10.2 Å². The highest BCUT2D eigenvalue weighted by atomic mass is 35.5. The van der Waals surface area contributed by atoms with E-state index in [1.165, 1.54) is 11.3 Å². The van der Waals surface area contributed by atoms with Crippen LogP contribution in [-0.4, -0.2) is 23.6 Å². The monoisotopic (exact) mass is 339 g/mol. The van der Waals surface area contributed by atoms with Crippen LogP contribution < -0.4 is 16.2 Å². The van der Waals surface area contributed by atoms with Gasteiger partial charge in [0.05, 0.1) is 11.0 Å². The largest absolute Gasteiger partial charge is 0.387 e. The normalized spacial score (nSPS) is 11.5. The van der Waals surface area contributed by atoms with Crippen LogP contribution in [0.25, 0.3) is 0 Å². The summed E-state index contributed by atoms with van der Waals surface area (Å²) in [5, 5.41) is 14.7. The van der Waals surface area contributed by atoms with Gasteiger partial charge in [-0.1, -0.05) is 29.8 Å². The van der Waals surface area contributed by atoms with Crippen LogP contribution in [0, 0.1) is 0 Å². The van der Waals surface area contributed by atoms with Crippen LogP contribution in [-0.2, 0) is 0 Å². The number of halogens is 1. The van der Waals surface area contributed by atoms with Gasteiger partial charge in [-0.2, -0.15) is 0 Å². The molecule has 2 aromatic rings. The van der Waals surface area contributed by atoms with Crippen LogP contribution in [0.4, 0.5) is 4.79 Å². The molecule has 0 aliphatic rings. The van der Waals surface area contributed by atoms with Gasteiger partial charge in [0, 0.05) is 11.6 Å². The second kappa shape index (κ2) is 7.79. The van der Waals surface area contributed by atoms with Crippen molar-refractivity contribution in [2.45, 2.75) is 6.10 Å². The Hall–Kier alpha value is -2.09. The van der Waals surface area contributed by atoms with Gasteiger partial charge in [0.1, 0.15) is 0 Å². The molecule has 1 aromatic heterocycles. The van der Waals surface area contributed by atoms with Gasteiger partial charge in [0.2, 0.25) is 0 Å². The zero-order chi connectivity index (χ0) is 15.9. The van der Waals surface area contributed by atoms with Crippen molar-refractivity contribution < 1.29 is 14.7 Å². The summed E-state index contributed by atoms with van der Waals surface area (Å²) in [6.45, 7) is 0.00232. The highest BCUT2D eigenvalue weighted by Crippen LogP contribution is 2.15. The van der Waals surface area contributed by atoms with Crippen LogP contribution in [0.2, 0.25) is 5.02 Å². The lowest BCUT2D eigenvalue weighted by atomic mass is 10.1. The smallest absolute Gasteiger partial charge is 0.333 e. The summed E-state index contributed by atoms with van der Waals surface area (Å²) in [5.41, 5.74) is 5.11. The molecule has 0 radical (unpaired) electrons. The first kappa shape index (κ1) is 16.3. The molecular formula is C14H14ClN3O3S. The second-order valence-electron chi connectivity index (χ2n) is 4.33. The van der Waals surface area contributed by atoms with Gasteiger partial charge in [-0.15, -0.1) is 11.3 Å². The molecule has 0 aliphatic carbocycles. The van der Waals surface area contributed by atoms with Crippen molar-refractivity contribution >= 4 is 34.9 Å². The summed E-state index contributed by atoms with van der Waals surface area (Å²) >= 11 is 7.02. The van der Waals surface area contributed by atoms with Gasteiger partial charge in [0.25, 0.3) is 5.91 Å². The van der Waals surface area contributed by atoms with Crippen molar-refractivity contribution in [3.05, 3.63) is 57.2 Å². The van der Waals surface area contributed by atoms with E-state index in [4.69, 9.17) is 11.6 Å². The zero-order valence-corrected chi connectivity index (χ0v) is 12.9. The van der Waals surface area contributed by atoms with Gasteiger partial charge in [-0.05, 0) is 29.1 Å². The molecule has 4 N–H and O–H groups in total. The van der Waals surface area contributed by atoms with E-state index >= 15 is 0 Å². The average Bonchev–Trinajstić information content (AvgIpc) is 3.05. The Labute approximate surface area is 136 Å². The van der Waals surface area contributed by atoms with E-state index < -0.39 is 18.0 Å². The van der Waals surface area contributed by atoms with E-state index in [9.17, 15) is 14.7 Å². The summed E-state index contributed by atoms with van der Waals surface area (Å²) in [5.74, 6) is -0.400. The zero-order valence-electron chi connectivity index (χ0n) is 11.4. The third kappa shape index (κ3) is 4.73. The van der Waals surface area contributed by atoms with E-state index in [1.54, 1.807) is 41.8 Å². The number of hydrazine groups is 1. The Morgan fingerprint density at radius 2 is 1.91 bits per heavy atom. The molecule has 0 saturated heterocycles. The van der Waals surface area contributed by atoms with Gasteiger partial charge in [-0.3, -0.25) is 10.2 Å². The van der Waals surface area contributed by atoms with Gasteiger partial charge >= 0.3 is 6.03 Å². The minimum Gasteiger partial charge on any atom is -0.387 e. The first-order valence-corrected chi connectivity index (χ1v) is 7.63. The number of urea groups is 1. The number of aliphatic hydroxyl groups excluding tert-OH is 1. The van der Waals surface area contributed by atoms with Crippen LogP contribution in [0.5, 0.6) is 0 Å². The maximum atomic E-state index is 11.6. The van der Waals surface area contributed by atoms with Crippen molar-refractivity contribution in [3.8, 4) is 0 Å². The first-order chi connectivity index (χ1) is 10.6. The molecular weight excluding hydrogens is 326 g/mol. The van der Waals surface area contributed by atoms with E-state index in [1.807, 2.05) is 0 Å². The molecule has 2 rings (SSSR count). The average molecular weight is 340 g/mol. The number of nitrogens with one attached hydrogen (secondary N) is 3. The molecule has 0 bridgehead atoms. The number of amides is 3. The summed E-state index contributed by atoms with van der Waals surface area (Å²) in [6.07, 6.45) is -0.865. The lowest BCUT2D eigenvalue weighted by Crippen LogP contribution is -2.47. The molecule has 1 unspecified atom stereocenters. The van der Waals surface area contributed by atoms with Crippen molar-refractivity contribution in [3.63, 3.8) is 0 Å². The van der Waals surface area contributed by atoms with E-state index in [0.717, 1.165) is 0 Å². The molecule has 1 aromatic carbocycles. The van der Waals surface area contributed by atoms with E-state index in [0.29, 0.717) is 15.5 Å². The fourth-order valence-corrected chi connectivity index (χ4v) is 2.36. The van der Waals surface area contributed by atoms with Crippen molar-refractivity contribution in [2.24, 2.45) is 0 Å². The number of hydrogen-bond donors (Lipinski definition) is 4. The molecule has 0 spiro atoms. The fraction of sp³-hybridized carbons (Fsp3) is 0.143. The Bertz CT molecular complexity index is 631. The molecule has 22 heavy (non-hydrogen) atoms. The van der Waals surface area contributed by atoms with Crippen molar-refractivity contribution in [1.82, 2.24) is 16.2 Å². The highest BCUT2D eigenvalue weighted by molar-refractivity contribution is 7.12. The van der Waals surface area contributed by atoms with E-state index in [2.05, 4.69) is 16.2 Å². The lowest BCUT2D eigenvalue weighted by Gasteiger charge is -2.13. The third-order valence-corrected chi connectivity index (χ3v) is 3.87. The lowest BCUT2D eigenvalue weighted by molar-refractivity contribution is 0.0939. The minimum atomic E-state index is -0.865. The number of rotatable bonds is 4. The molecule has 0 fully saturated rings. The Morgan fingerprint density at radius 3 is 2.55 bits per heavy atom. The SMILES string of the molecule is O=C(NCC(O)c1ccc(Cl)cc1)NNC(=O)c1cccs1. The summed E-state index contributed by atoms with van der Waals surface area (Å²) in [4.78, 5) is 23.6. The van der Waals surface area contributed by atoms with Crippen molar-refractivity contribution in [1.29, 1.82) is 0 Å². The molecule has 8 heteroatoms. The van der Waals surface area contributed by atoms with Crippen LogP contribution in [0.3, 0.4) is 0 Å². The maximum absolute atomic E-state index is 11.6. The number of aliphatic hydroxyl groups is 1. The van der Waals surface area contributed by atoms with Gasteiger partial charge < -0.3 is 10.4 Å². The standard InChI is InChI=1S/C14H14ClN3O3S/c15-10-5-3-9(4-6-10)11(19)8-16-14(21)18-17-13(20)12-2-1-7-22-12/h1-7,11,19H,8H2,(H,17,20)(H2,16,18,21). The van der Waals surface area contributed by atoms with Crippen LogP contribution in [0.15, 0.2) is 41.8 Å². The molecule has 6 nitrogen and oxygen atoms in total. The third-order valence-electron chi connectivity index (χ3n) is 2.75. The quantitative estimate of drug-likeness (QED) is 0.643. The summed E-state index contributed by atoms with van der Waals surface area (Å²) in [6, 6.07) is 9.42. The van der Waals surface area contributed by atoms with Gasteiger partial charge in [0.15, 0.2) is 0 Å². The molecule has 3 amide bonds. The molecule has 0 saturated carbocycles. The highest BCUT2D eigenvalue weighted by Gasteiger charge is 2.11. The summed E-state index contributed by atoms with van der Waals surface area (Å²) < 4.78 is 0. The molecule has 1 atom stereocenters. The molecule has 0 aliphatic heterocycles. The predicted octanol–water partition coefficient (Wildman–Crippen LogP) is 2.08. The van der Waals surface area contributed by atoms with E-state index in [-0.39, 0.29) is 6.54 Å². The van der Waals surface area contributed by atoms with Crippen LogP contribution in [0.1, 0.15) is 21.3 Å². The number of hydrogen-bond acceptors (Lipinski definition) is 4. The Morgan fingerprint density at radius 1 is 1.18 bits per heavy atom. The summed E-state index contributed by atoms with van der Waals surface area (Å²) in [7, 11) is 0. The number of benzene rings is 1. The Balaban J connectivity index is 1.73. The Kier molecular flexibility index (Phi) is 5.76. The number of thiophene rings is 1. The predicted molar refractivity (Wildman–Crippen MR) is 84.7 cm³/mol. The number of carbonyl (C=O) groups excluding carboxylic acids is 2. The maximum Gasteiger partial charge on any atom is 0.333 e. The van der Waals surface area contributed by atoms with Crippen molar-refractivity contribution in [2.75, 3.05) is 6.54 Å². The minimum absolute atomic E-state index is 0.00232. The number of carbonyl (C=O) groups is 2. The first-order valence-electron chi connectivity index (χ1n) is 6.37. The molecule has 116 valence electrons. The topological polar surface area (TPSA) is 90.5 Å². The molecule has 1 heterocycles. The van der Waals surface area contributed by atoms with Crippen LogP contribution >= 0.6 is 22.9 Å².